The van der Waals surface area contributed by atoms with Gasteiger partial charge in [0.25, 0.3) is 0 Å². The highest BCUT2D eigenvalue weighted by Gasteiger charge is 2.36. The average molecular weight is 197 g/mol. The average Bonchev–Trinajstić information content (AvgIpc) is 2.80. The maximum atomic E-state index is 13.9. The van der Waals surface area contributed by atoms with Crippen LogP contribution in [0.1, 0.15) is 30.9 Å². The first-order valence-corrected chi connectivity index (χ1v) is 4.97. The second kappa shape index (κ2) is 3.02. The van der Waals surface area contributed by atoms with Gasteiger partial charge in [0.2, 0.25) is 0 Å². The predicted octanol–water partition coefficient (Wildman–Crippen LogP) is 1.27. The van der Waals surface area contributed by atoms with Gasteiger partial charge >= 0.3 is 0 Å². The third kappa shape index (κ3) is 1.23. The van der Waals surface area contributed by atoms with Crippen LogP contribution in [0.5, 0.6) is 0 Å². The van der Waals surface area contributed by atoms with Crippen LogP contribution in [-0.4, -0.2) is 28.0 Å². The minimum absolute atomic E-state index is 0.0169. The fourth-order valence-electron chi connectivity index (χ4n) is 1.72. The summed E-state index contributed by atoms with van der Waals surface area (Å²) in [6.07, 6.45) is 2.88. The SMILES string of the molecule is F[C@H](c1nncn1C1CC1)C1COC1. The van der Waals surface area contributed by atoms with E-state index in [0.717, 1.165) is 12.8 Å². The second-order valence-corrected chi connectivity index (χ2v) is 4.03. The van der Waals surface area contributed by atoms with E-state index in [9.17, 15) is 4.39 Å². The van der Waals surface area contributed by atoms with E-state index in [-0.39, 0.29) is 5.92 Å². The van der Waals surface area contributed by atoms with Gasteiger partial charge in [0, 0.05) is 12.0 Å². The van der Waals surface area contributed by atoms with Crippen molar-refractivity contribution in [3.05, 3.63) is 12.2 Å². The standard InChI is InChI=1S/C9H12FN3O/c10-8(6-3-14-4-6)9-12-11-5-13(9)7-1-2-7/h5-8H,1-4H2/t8-/m0/s1. The van der Waals surface area contributed by atoms with E-state index >= 15 is 0 Å². The Labute approximate surface area is 81.1 Å². The third-order valence-electron chi connectivity index (χ3n) is 2.87. The summed E-state index contributed by atoms with van der Waals surface area (Å²) >= 11 is 0. The topological polar surface area (TPSA) is 39.9 Å². The van der Waals surface area contributed by atoms with Crippen LogP contribution < -0.4 is 0 Å². The number of hydrogen-bond donors (Lipinski definition) is 0. The summed E-state index contributed by atoms with van der Waals surface area (Å²) in [7, 11) is 0. The Hall–Kier alpha value is -0.970. The molecule has 0 spiro atoms. The molecule has 1 aromatic heterocycles. The second-order valence-electron chi connectivity index (χ2n) is 4.03. The molecule has 5 heteroatoms. The highest BCUT2D eigenvalue weighted by molar-refractivity contribution is 5.01. The predicted molar refractivity (Wildman–Crippen MR) is 46.5 cm³/mol. The van der Waals surface area contributed by atoms with Gasteiger partial charge in [0.1, 0.15) is 6.33 Å². The molecule has 2 heterocycles. The van der Waals surface area contributed by atoms with E-state index < -0.39 is 6.17 Å². The summed E-state index contributed by atoms with van der Waals surface area (Å²) in [6, 6.07) is 0.444. The highest BCUT2D eigenvalue weighted by Crippen LogP contribution is 2.39. The van der Waals surface area contributed by atoms with Crippen LogP contribution >= 0.6 is 0 Å². The lowest BCUT2D eigenvalue weighted by atomic mass is 10.0. The minimum Gasteiger partial charge on any atom is -0.380 e. The molecule has 4 nitrogen and oxygen atoms in total. The molecule has 0 aromatic carbocycles. The van der Waals surface area contributed by atoms with Gasteiger partial charge in [-0.15, -0.1) is 10.2 Å². The van der Waals surface area contributed by atoms with Crippen molar-refractivity contribution in [3.8, 4) is 0 Å². The maximum absolute atomic E-state index is 13.9. The number of halogens is 1. The minimum atomic E-state index is -1.01. The monoisotopic (exact) mass is 197 g/mol. The van der Waals surface area contributed by atoms with Crippen molar-refractivity contribution in [2.24, 2.45) is 5.92 Å². The zero-order valence-electron chi connectivity index (χ0n) is 7.77. The van der Waals surface area contributed by atoms with Gasteiger partial charge in [-0.3, -0.25) is 0 Å². The fourth-order valence-corrected chi connectivity index (χ4v) is 1.72. The molecule has 1 saturated carbocycles. The lowest BCUT2D eigenvalue weighted by Gasteiger charge is -2.28. The van der Waals surface area contributed by atoms with Crippen molar-refractivity contribution in [1.29, 1.82) is 0 Å². The molecule has 2 aliphatic rings. The molecule has 1 saturated heterocycles. The van der Waals surface area contributed by atoms with Crippen LogP contribution in [0.15, 0.2) is 6.33 Å². The summed E-state index contributed by atoms with van der Waals surface area (Å²) in [6.45, 7) is 1.03. The lowest BCUT2D eigenvalue weighted by molar-refractivity contribution is -0.0719. The summed E-state index contributed by atoms with van der Waals surface area (Å²) in [4.78, 5) is 0. The zero-order chi connectivity index (χ0) is 9.54. The lowest BCUT2D eigenvalue weighted by Crippen LogP contribution is -2.32. The van der Waals surface area contributed by atoms with Crippen molar-refractivity contribution in [1.82, 2.24) is 14.8 Å². The number of aromatic nitrogens is 3. The summed E-state index contributed by atoms with van der Waals surface area (Å²) < 4.78 is 20.7. The van der Waals surface area contributed by atoms with Crippen LogP contribution in [0.3, 0.4) is 0 Å². The Bertz CT molecular complexity index is 333. The number of hydrogen-bond acceptors (Lipinski definition) is 3. The number of rotatable bonds is 3. The quantitative estimate of drug-likeness (QED) is 0.732. The van der Waals surface area contributed by atoms with Gasteiger partial charge in [-0.1, -0.05) is 0 Å². The molecule has 0 radical (unpaired) electrons. The van der Waals surface area contributed by atoms with Gasteiger partial charge in [-0.05, 0) is 12.8 Å². The van der Waals surface area contributed by atoms with Crippen LogP contribution in [-0.2, 0) is 4.74 Å². The third-order valence-corrected chi connectivity index (χ3v) is 2.87. The molecule has 14 heavy (non-hydrogen) atoms. The molecule has 0 unspecified atom stereocenters. The number of ether oxygens (including phenoxy) is 1. The van der Waals surface area contributed by atoms with Crippen LogP contribution in [0.4, 0.5) is 4.39 Å². The molecule has 1 aliphatic heterocycles. The Kier molecular flexibility index (Phi) is 1.80. The van der Waals surface area contributed by atoms with E-state index in [1.807, 2.05) is 4.57 Å². The summed E-state index contributed by atoms with van der Waals surface area (Å²) in [5.74, 6) is 0.470. The highest BCUT2D eigenvalue weighted by atomic mass is 19.1. The zero-order valence-corrected chi connectivity index (χ0v) is 7.77. The Morgan fingerprint density at radius 1 is 1.50 bits per heavy atom. The van der Waals surface area contributed by atoms with Crippen LogP contribution in [0, 0.1) is 5.92 Å². The maximum Gasteiger partial charge on any atom is 0.168 e. The van der Waals surface area contributed by atoms with Crippen molar-refractivity contribution < 1.29 is 9.13 Å². The molecular formula is C9H12FN3O. The molecule has 0 bridgehead atoms. The van der Waals surface area contributed by atoms with E-state index in [1.54, 1.807) is 6.33 Å². The molecule has 0 N–H and O–H groups in total. The van der Waals surface area contributed by atoms with Gasteiger partial charge in [-0.25, -0.2) is 4.39 Å². The first kappa shape index (κ1) is 8.35. The molecule has 1 aromatic rings. The normalized spacial score (nSPS) is 24.6. The molecule has 0 amide bonds. The van der Waals surface area contributed by atoms with E-state index in [0.29, 0.717) is 25.1 Å². The van der Waals surface area contributed by atoms with Gasteiger partial charge in [-0.2, -0.15) is 0 Å². The molecule has 1 aliphatic carbocycles. The smallest absolute Gasteiger partial charge is 0.168 e. The van der Waals surface area contributed by atoms with E-state index in [4.69, 9.17) is 4.74 Å². The van der Waals surface area contributed by atoms with Gasteiger partial charge < -0.3 is 9.30 Å². The summed E-state index contributed by atoms with van der Waals surface area (Å²) in [5, 5.41) is 7.64. The van der Waals surface area contributed by atoms with Gasteiger partial charge in [0.05, 0.1) is 13.2 Å². The molecule has 3 rings (SSSR count). The van der Waals surface area contributed by atoms with E-state index in [2.05, 4.69) is 10.2 Å². The van der Waals surface area contributed by atoms with E-state index in [1.165, 1.54) is 0 Å². The Balaban J connectivity index is 1.82. The van der Waals surface area contributed by atoms with Crippen LogP contribution in [0.2, 0.25) is 0 Å². The van der Waals surface area contributed by atoms with Crippen LogP contribution in [0.25, 0.3) is 0 Å². The van der Waals surface area contributed by atoms with Crippen molar-refractivity contribution >= 4 is 0 Å². The summed E-state index contributed by atoms with van der Waals surface area (Å²) in [5.41, 5.74) is 0. The number of alkyl halides is 1. The first-order valence-electron chi connectivity index (χ1n) is 4.97. The van der Waals surface area contributed by atoms with Crippen molar-refractivity contribution in [2.45, 2.75) is 25.1 Å². The number of nitrogens with zero attached hydrogens (tertiary/aromatic N) is 3. The van der Waals surface area contributed by atoms with Gasteiger partial charge in [0.15, 0.2) is 12.0 Å². The largest absolute Gasteiger partial charge is 0.380 e. The Morgan fingerprint density at radius 3 is 2.86 bits per heavy atom. The van der Waals surface area contributed by atoms with Crippen molar-refractivity contribution in [2.75, 3.05) is 13.2 Å². The Morgan fingerprint density at radius 2 is 2.29 bits per heavy atom. The van der Waals surface area contributed by atoms with Crippen molar-refractivity contribution in [3.63, 3.8) is 0 Å². The molecule has 2 fully saturated rings. The molecule has 76 valence electrons. The molecule has 1 atom stereocenters. The fraction of sp³-hybridized carbons (Fsp3) is 0.778. The molecular weight excluding hydrogens is 185 g/mol. The first-order chi connectivity index (χ1) is 6.86.